The van der Waals surface area contributed by atoms with Crippen LogP contribution >= 0.6 is 0 Å². The van der Waals surface area contributed by atoms with Gasteiger partial charge in [-0.1, -0.05) is 72.8 Å². The van der Waals surface area contributed by atoms with Gasteiger partial charge in [-0.05, 0) is 70.5 Å². The Labute approximate surface area is 184 Å². The van der Waals surface area contributed by atoms with Gasteiger partial charge in [0.15, 0.2) is 0 Å². The molecule has 0 aliphatic heterocycles. The topological polar surface area (TPSA) is 61.3 Å². The Bertz CT molecular complexity index is 1120. The van der Waals surface area contributed by atoms with Gasteiger partial charge in [0.1, 0.15) is 0 Å². The Morgan fingerprint density at radius 3 is 1.35 bits per heavy atom. The molecule has 0 aliphatic rings. The second-order valence-electron chi connectivity index (χ2n) is 7.85. The molecular formula is C28H28N2O. The molecule has 0 amide bonds. The van der Waals surface area contributed by atoms with Crippen molar-refractivity contribution in [2.24, 2.45) is 0 Å². The predicted molar refractivity (Wildman–Crippen MR) is 131 cm³/mol. The summed E-state index contributed by atoms with van der Waals surface area (Å²) < 4.78 is 6.21. The van der Waals surface area contributed by atoms with E-state index >= 15 is 0 Å². The largest absolute Gasteiger partial charge is 0.398 e. The fourth-order valence-corrected chi connectivity index (χ4v) is 3.98. The zero-order chi connectivity index (χ0) is 21.8. The maximum absolute atomic E-state index is 6.21. The summed E-state index contributed by atoms with van der Waals surface area (Å²) in [6.45, 7) is 5.17. The summed E-state index contributed by atoms with van der Waals surface area (Å²) in [5.74, 6) is 0. The molecule has 0 unspecified atom stereocenters. The summed E-state index contributed by atoms with van der Waals surface area (Å²) in [4.78, 5) is 0. The number of nitrogens with two attached hydrogens (primary N) is 2. The first-order valence-corrected chi connectivity index (χ1v) is 10.5. The molecule has 4 aromatic carbocycles. The molecule has 0 fully saturated rings. The van der Waals surface area contributed by atoms with Crippen molar-refractivity contribution in [2.75, 3.05) is 11.5 Å². The minimum Gasteiger partial charge on any atom is -0.398 e. The first-order chi connectivity index (χ1) is 15.1. The lowest BCUT2D eigenvalue weighted by Gasteiger charge is -2.16. The van der Waals surface area contributed by atoms with Crippen molar-refractivity contribution in [3.63, 3.8) is 0 Å². The van der Waals surface area contributed by atoms with E-state index in [4.69, 9.17) is 16.2 Å². The van der Waals surface area contributed by atoms with E-state index in [1.165, 1.54) is 0 Å². The minimum atomic E-state index is 0.522. The van der Waals surface area contributed by atoms with Gasteiger partial charge in [-0.2, -0.15) is 0 Å². The van der Waals surface area contributed by atoms with Crippen LogP contribution < -0.4 is 11.5 Å². The monoisotopic (exact) mass is 408 g/mol. The van der Waals surface area contributed by atoms with Crippen LogP contribution in [0.4, 0.5) is 11.4 Å². The SMILES string of the molecule is Cc1c(N)cccc1-c1ccccc1COCc1ccccc1-c1cccc(N)c1C. The number of ether oxygens (including phenoxy) is 1. The highest BCUT2D eigenvalue weighted by Crippen LogP contribution is 2.32. The fraction of sp³-hybridized carbons (Fsp3) is 0.143. The zero-order valence-electron chi connectivity index (χ0n) is 18.1. The second kappa shape index (κ2) is 9.07. The number of hydrogen-bond donors (Lipinski definition) is 2. The van der Waals surface area contributed by atoms with Crippen LogP contribution in [0, 0.1) is 13.8 Å². The fourth-order valence-electron chi connectivity index (χ4n) is 3.98. The number of benzene rings is 4. The molecule has 0 aliphatic carbocycles. The van der Waals surface area contributed by atoms with Gasteiger partial charge in [0, 0.05) is 11.4 Å². The van der Waals surface area contributed by atoms with Gasteiger partial charge in [0.25, 0.3) is 0 Å². The molecule has 0 atom stereocenters. The summed E-state index contributed by atoms with van der Waals surface area (Å²) in [7, 11) is 0. The van der Waals surface area contributed by atoms with Crippen LogP contribution in [0.25, 0.3) is 22.3 Å². The molecule has 4 N–H and O–H groups in total. The quantitative estimate of drug-likeness (QED) is 0.357. The van der Waals surface area contributed by atoms with E-state index in [1.807, 2.05) is 36.4 Å². The van der Waals surface area contributed by atoms with E-state index in [-0.39, 0.29) is 0 Å². The Hall–Kier alpha value is -3.56. The van der Waals surface area contributed by atoms with E-state index in [1.54, 1.807) is 0 Å². The van der Waals surface area contributed by atoms with Gasteiger partial charge >= 0.3 is 0 Å². The average Bonchev–Trinajstić information content (AvgIpc) is 2.78. The van der Waals surface area contributed by atoms with Crippen LogP contribution in [0.5, 0.6) is 0 Å². The first kappa shape index (κ1) is 20.7. The maximum atomic E-state index is 6.21. The Balaban J connectivity index is 1.57. The lowest BCUT2D eigenvalue weighted by atomic mass is 9.95. The highest BCUT2D eigenvalue weighted by atomic mass is 16.5. The number of anilines is 2. The van der Waals surface area contributed by atoms with Gasteiger partial charge in [0.2, 0.25) is 0 Å². The van der Waals surface area contributed by atoms with Crippen LogP contribution in [-0.2, 0) is 18.0 Å². The van der Waals surface area contributed by atoms with Crippen molar-refractivity contribution in [1.29, 1.82) is 0 Å². The first-order valence-electron chi connectivity index (χ1n) is 10.5. The molecular weight excluding hydrogens is 380 g/mol. The lowest BCUT2D eigenvalue weighted by molar-refractivity contribution is 0.108. The van der Waals surface area contributed by atoms with Crippen molar-refractivity contribution in [1.82, 2.24) is 0 Å². The van der Waals surface area contributed by atoms with Crippen LogP contribution in [0.1, 0.15) is 22.3 Å². The summed E-state index contributed by atoms with van der Waals surface area (Å²) in [6, 6.07) is 28.8. The Morgan fingerprint density at radius 1 is 0.516 bits per heavy atom. The van der Waals surface area contributed by atoms with Crippen molar-refractivity contribution >= 4 is 11.4 Å². The van der Waals surface area contributed by atoms with Gasteiger partial charge in [-0.3, -0.25) is 0 Å². The molecule has 3 heteroatoms. The summed E-state index contributed by atoms with van der Waals surface area (Å²) in [6.07, 6.45) is 0. The van der Waals surface area contributed by atoms with Crippen molar-refractivity contribution in [3.8, 4) is 22.3 Å². The third-order valence-corrected chi connectivity index (χ3v) is 5.88. The Morgan fingerprint density at radius 2 is 0.903 bits per heavy atom. The minimum absolute atomic E-state index is 0.522. The molecule has 0 bridgehead atoms. The highest BCUT2D eigenvalue weighted by molar-refractivity contribution is 5.76. The number of nitrogen functional groups attached to an aromatic ring is 2. The molecule has 156 valence electrons. The molecule has 4 aromatic rings. The third-order valence-electron chi connectivity index (χ3n) is 5.88. The van der Waals surface area contributed by atoms with Crippen molar-refractivity contribution in [3.05, 3.63) is 107 Å². The zero-order valence-corrected chi connectivity index (χ0v) is 18.1. The molecule has 0 heterocycles. The molecule has 0 spiro atoms. The molecule has 4 rings (SSSR count). The van der Waals surface area contributed by atoms with Gasteiger partial charge < -0.3 is 16.2 Å². The van der Waals surface area contributed by atoms with Crippen LogP contribution in [0.2, 0.25) is 0 Å². The van der Waals surface area contributed by atoms with Crippen LogP contribution in [-0.4, -0.2) is 0 Å². The van der Waals surface area contributed by atoms with E-state index in [2.05, 4.69) is 62.4 Å². The summed E-state index contributed by atoms with van der Waals surface area (Å²) in [5.41, 5.74) is 23.0. The molecule has 3 nitrogen and oxygen atoms in total. The molecule has 31 heavy (non-hydrogen) atoms. The third kappa shape index (κ3) is 4.32. The second-order valence-corrected chi connectivity index (χ2v) is 7.85. The number of rotatable bonds is 6. The summed E-state index contributed by atoms with van der Waals surface area (Å²) in [5, 5.41) is 0. The van der Waals surface area contributed by atoms with Gasteiger partial charge in [0.05, 0.1) is 13.2 Å². The number of hydrogen-bond acceptors (Lipinski definition) is 3. The van der Waals surface area contributed by atoms with Crippen LogP contribution in [0.3, 0.4) is 0 Å². The van der Waals surface area contributed by atoms with Crippen molar-refractivity contribution < 1.29 is 4.74 Å². The summed E-state index contributed by atoms with van der Waals surface area (Å²) >= 11 is 0. The molecule has 0 saturated heterocycles. The smallest absolute Gasteiger partial charge is 0.0727 e. The average molecular weight is 409 g/mol. The normalized spacial score (nSPS) is 10.9. The highest BCUT2D eigenvalue weighted by Gasteiger charge is 2.11. The molecule has 0 radical (unpaired) electrons. The lowest BCUT2D eigenvalue weighted by Crippen LogP contribution is -2.00. The van der Waals surface area contributed by atoms with Crippen molar-refractivity contribution in [2.45, 2.75) is 27.1 Å². The molecule has 0 saturated carbocycles. The predicted octanol–water partition coefficient (Wildman–Crippen LogP) is 6.52. The Kier molecular flexibility index (Phi) is 6.06. The maximum Gasteiger partial charge on any atom is 0.0727 e. The van der Waals surface area contributed by atoms with Gasteiger partial charge in [-0.15, -0.1) is 0 Å². The molecule has 0 aromatic heterocycles. The van der Waals surface area contributed by atoms with E-state index in [9.17, 15) is 0 Å². The van der Waals surface area contributed by atoms with E-state index < -0.39 is 0 Å². The van der Waals surface area contributed by atoms with E-state index in [0.29, 0.717) is 13.2 Å². The standard InChI is InChI=1S/C28H28N2O/c1-19-23(13-7-15-27(19)29)25-11-5-3-9-21(25)17-31-18-22-10-4-6-12-26(22)24-14-8-16-28(30)20(24)2/h3-16H,17-18,29-30H2,1-2H3. The van der Waals surface area contributed by atoms with Gasteiger partial charge in [-0.25, -0.2) is 0 Å². The van der Waals surface area contributed by atoms with E-state index in [0.717, 1.165) is 55.9 Å². The van der Waals surface area contributed by atoms with Crippen LogP contribution in [0.15, 0.2) is 84.9 Å².